The Bertz CT molecular complexity index is 1200. The van der Waals surface area contributed by atoms with Crippen LogP contribution in [0.3, 0.4) is 0 Å². The highest BCUT2D eigenvalue weighted by Crippen LogP contribution is 2.37. The van der Waals surface area contributed by atoms with E-state index in [1.165, 1.54) is 0 Å². The second-order valence-corrected chi connectivity index (χ2v) is 6.35. The first kappa shape index (κ1) is 15.2. The van der Waals surface area contributed by atoms with Gasteiger partial charge >= 0.3 is 0 Å². The van der Waals surface area contributed by atoms with E-state index in [4.69, 9.17) is 9.97 Å². The van der Waals surface area contributed by atoms with Crippen LogP contribution < -0.4 is 5.32 Å². The maximum Gasteiger partial charge on any atom is 0.0996 e. The lowest BCUT2D eigenvalue weighted by atomic mass is 9.99. The van der Waals surface area contributed by atoms with Gasteiger partial charge in [-0.2, -0.15) is 0 Å². The molecule has 3 N–H and O–H groups in total. The Balaban J connectivity index is 1.96. The fourth-order valence-corrected chi connectivity index (χ4v) is 3.45. The van der Waals surface area contributed by atoms with Crippen LogP contribution in [0.1, 0.15) is 11.3 Å². The lowest BCUT2D eigenvalue weighted by Crippen LogP contribution is -2.24. The van der Waals surface area contributed by atoms with Crippen LogP contribution in [0.4, 0.5) is 5.69 Å². The number of anilines is 1. The highest BCUT2D eigenvalue weighted by Gasteiger charge is 2.21. The molecule has 1 atom stereocenters. The van der Waals surface area contributed by atoms with Gasteiger partial charge in [0.05, 0.1) is 58.2 Å². The Kier molecular flexibility index (Phi) is 3.34. The maximum atomic E-state index is 9.54. The van der Waals surface area contributed by atoms with Gasteiger partial charge in [0.25, 0.3) is 0 Å². The summed E-state index contributed by atoms with van der Waals surface area (Å²) in [6.07, 6.45) is 3.88. The van der Waals surface area contributed by atoms with E-state index in [-0.39, 0.29) is 19.3 Å². The Morgan fingerprint density at radius 3 is 2.38 bits per heavy atom. The van der Waals surface area contributed by atoms with E-state index in [1.807, 2.05) is 42.5 Å². The predicted octanol–water partition coefficient (Wildman–Crippen LogP) is 2.62. The second-order valence-electron chi connectivity index (χ2n) is 6.35. The molecule has 6 heteroatoms. The molecule has 1 aliphatic rings. The van der Waals surface area contributed by atoms with Gasteiger partial charge in [-0.25, -0.2) is 15.0 Å². The largest absolute Gasteiger partial charge is 0.394 e. The zero-order valence-electron chi connectivity index (χ0n) is 13.8. The first-order chi connectivity index (χ1) is 12.8. The number of benzene rings is 2. The molecule has 0 saturated carbocycles. The minimum atomic E-state index is -0.184. The minimum Gasteiger partial charge on any atom is -0.394 e. The summed E-state index contributed by atoms with van der Waals surface area (Å²) in [4.78, 5) is 14.3. The van der Waals surface area contributed by atoms with Crippen molar-refractivity contribution < 1.29 is 10.2 Å². The summed E-state index contributed by atoms with van der Waals surface area (Å²) in [5.41, 5.74) is 6.27. The molecule has 0 fully saturated rings. The molecule has 1 aliphatic heterocycles. The topological polar surface area (TPSA) is 91.2 Å². The number of nitrogens with one attached hydrogen (secondary N) is 1. The van der Waals surface area contributed by atoms with Crippen LogP contribution in [0, 0.1) is 0 Å². The molecule has 2 aromatic heterocycles. The first-order valence-corrected chi connectivity index (χ1v) is 8.47. The van der Waals surface area contributed by atoms with Crippen molar-refractivity contribution >= 4 is 44.7 Å². The summed E-state index contributed by atoms with van der Waals surface area (Å²) in [7, 11) is 0. The van der Waals surface area contributed by atoms with Crippen molar-refractivity contribution in [2.45, 2.75) is 12.6 Å². The van der Waals surface area contributed by atoms with Crippen LogP contribution in [-0.2, 0) is 6.61 Å². The van der Waals surface area contributed by atoms with Crippen molar-refractivity contribution in [2.24, 2.45) is 0 Å². The standard InChI is InChI=1S/C20H16N4O2/c25-9-11-5-7-13-17(21-11)18-14(8-6-12(10-26)22-18)20-19(13)23-15-3-1-2-4-16(15)24-20/h1-8,11,21,25-26H,9-10H2. The Hall–Kier alpha value is -3.09. The third-order valence-electron chi connectivity index (χ3n) is 4.72. The van der Waals surface area contributed by atoms with E-state index in [9.17, 15) is 10.2 Å². The monoisotopic (exact) mass is 344 g/mol. The number of aliphatic hydroxyl groups is 2. The molecule has 26 heavy (non-hydrogen) atoms. The second kappa shape index (κ2) is 5.72. The maximum absolute atomic E-state index is 9.54. The third-order valence-corrected chi connectivity index (χ3v) is 4.72. The fourth-order valence-electron chi connectivity index (χ4n) is 3.45. The van der Waals surface area contributed by atoms with Crippen LogP contribution in [0.25, 0.3) is 39.0 Å². The van der Waals surface area contributed by atoms with Crippen LogP contribution >= 0.6 is 0 Å². The summed E-state index contributed by atoms with van der Waals surface area (Å²) in [6.45, 7) is -0.149. The zero-order chi connectivity index (χ0) is 17.7. The molecule has 0 saturated heterocycles. The molecule has 0 radical (unpaired) electrons. The van der Waals surface area contributed by atoms with Gasteiger partial charge < -0.3 is 15.5 Å². The minimum absolute atomic E-state index is 0.0153. The summed E-state index contributed by atoms with van der Waals surface area (Å²) in [5, 5.41) is 23.2. The molecule has 0 spiro atoms. The average molecular weight is 344 g/mol. The van der Waals surface area contributed by atoms with Gasteiger partial charge in [-0.05, 0) is 24.3 Å². The van der Waals surface area contributed by atoms with Gasteiger partial charge in [0.2, 0.25) is 0 Å². The number of rotatable bonds is 2. The average Bonchev–Trinajstić information content (AvgIpc) is 2.71. The quantitative estimate of drug-likeness (QED) is 0.382. The third kappa shape index (κ3) is 2.16. The van der Waals surface area contributed by atoms with Crippen molar-refractivity contribution in [2.75, 3.05) is 11.9 Å². The number of para-hydroxylation sites is 2. The number of hydrogen-bond acceptors (Lipinski definition) is 6. The molecule has 0 amide bonds. The number of hydrogen-bond donors (Lipinski definition) is 3. The highest BCUT2D eigenvalue weighted by atomic mass is 16.3. The summed E-state index contributed by atoms with van der Waals surface area (Å²) >= 11 is 0. The Morgan fingerprint density at radius 1 is 0.885 bits per heavy atom. The van der Waals surface area contributed by atoms with Gasteiger partial charge in [0.1, 0.15) is 0 Å². The lowest BCUT2D eigenvalue weighted by molar-refractivity contribution is 0.277. The fraction of sp³-hybridized carbons (Fsp3) is 0.150. The number of pyridine rings is 1. The highest BCUT2D eigenvalue weighted by molar-refractivity contribution is 6.15. The number of aromatic nitrogens is 3. The van der Waals surface area contributed by atoms with Crippen LogP contribution in [0.2, 0.25) is 0 Å². The first-order valence-electron chi connectivity index (χ1n) is 8.47. The zero-order valence-corrected chi connectivity index (χ0v) is 13.8. The number of fused-ring (bicyclic) bond motifs is 7. The summed E-state index contributed by atoms with van der Waals surface area (Å²) < 4.78 is 0. The SMILES string of the molecule is OCc1ccc2c(n1)c1c(c3nc4ccccc4nc32)C=CC(CO)N1. The van der Waals surface area contributed by atoms with Crippen molar-refractivity contribution in [3.63, 3.8) is 0 Å². The van der Waals surface area contributed by atoms with E-state index >= 15 is 0 Å². The van der Waals surface area contributed by atoms with E-state index in [0.29, 0.717) is 5.69 Å². The van der Waals surface area contributed by atoms with E-state index in [0.717, 1.165) is 44.2 Å². The van der Waals surface area contributed by atoms with Gasteiger partial charge in [-0.3, -0.25) is 0 Å². The van der Waals surface area contributed by atoms with E-state index < -0.39 is 0 Å². The van der Waals surface area contributed by atoms with Crippen LogP contribution in [0.5, 0.6) is 0 Å². The van der Waals surface area contributed by atoms with Gasteiger partial charge in [-0.1, -0.05) is 24.3 Å². The summed E-state index contributed by atoms with van der Waals surface area (Å²) in [5.74, 6) is 0. The molecular formula is C20H16N4O2. The van der Waals surface area contributed by atoms with Crippen molar-refractivity contribution in [1.82, 2.24) is 15.0 Å². The molecule has 2 aromatic carbocycles. The normalized spacial score (nSPS) is 16.2. The molecule has 1 unspecified atom stereocenters. The molecule has 3 heterocycles. The lowest BCUT2D eigenvalue weighted by Gasteiger charge is -2.23. The Morgan fingerprint density at radius 2 is 1.65 bits per heavy atom. The van der Waals surface area contributed by atoms with Crippen molar-refractivity contribution in [1.29, 1.82) is 0 Å². The summed E-state index contributed by atoms with van der Waals surface area (Å²) in [6, 6.07) is 11.3. The molecule has 0 bridgehead atoms. The number of aliphatic hydroxyl groups excluding tert-OH is 2. The molecule has 128 valence electrons. The van der Waals surface area contributed by atoms with Crippen LogP contribution in [-0.4, -0.2) is 37.8 Å². The molecule has 6 nitrogen and oxygen atoms in total. The smallest absolute Gasteiger partial charge is 0.0996 e. The number of nitrogens with zero attached hydrogens (tertiary/aromatic N) is 3. The van der Waals surface area contributed by atoms with Gasteiger partial charge in [0.15, 0.2) is 0 Å². The predicted molar refractivity (Wildman–Crippen MR) is 102 cm³/mol. The van der Waals surface area contributed by atoms with Crippen molar-refractivity contribution in [3.05, 3.63) is 53.7 Å². The van der Waals surface area contributed by atoms with E-state index in [2.05, 4.69) is 10.3 Å². The van der Waals surface area contributed by atoms with Crippen LogP contribution in [0.15, 0.2) is 42.5 Å². The van der Waals surface area contributed by atoms with Gasteiger partial charge in [0, 0.05) is 10.9 Å². The van der Waals surface area contributed by atoms with Gasteiger partial charge in [-0.15, -0.1) is 0 Å². The molecular weight excluding hydrogens is 328 g/mol. The van der Waals surface area contributed by atoms with E-state index in [1.54, 1.807) is 6.07 Å². The van der Waals surface area contributed by atoms with Crippen molar-refractivity contribution in [3.8, 4) is 0 Å². The molecule has 4 aromatic rings. The Labute approximate surface area is 148 Å². The molecule has 5 rings (SSSR count). The molecule has 0 aliphatic carbocycles.